The minimum absolute atomic E-state index is 0.0744. The van der Waals surface area contributed by atoms with E-state index in [0.29, 0.717) is 16.1 Å². The van der Waals surface area contributed by atoms with Crippen LogP contribution in [0.4, 0.5) is 0 Å². The van der Waals surface area contributed by atoms with Crippen LogP contribution in [0.2, 0.25) is 0 Å². The number of nitrogens with zero attached hydrogens (tertiary/aromatic N) is 2. The minimum atomic E-state index is -3.37. The number of amides is 1. The standard InChI is InChI=1S/C19H20N2O4S2/c1-21-18-15(25-2)9-6-10-16(18)26-19(21)20-17(22)11-12-27(23,24)13-14-7-4-3-5-8-14/h3-10H,11-13H2,1-2H3. The van der Waals surface area contributed by atoms with E-state index in [0.717, 1.165) is 10.2 Å². The van der Waals surface area contributed by atoms with Gasteiger partial charge in [-0.25, -0.2) is 8.42 Å². The van der Waals surface area contributed by atoms with Crippen molar-refractivity contribution in [3.63, 3.8) is 0 Å². The van der Waals surface area contributed by atoms with Gasteiger partial charge in [0.05, 0.1) is 23.3 Å². The van der Waals surface area contributed by atoms with Gasteiger partial charge in [-0.3, -0.25) is 4.79 Å². The molecule has 3 aromatic rings. The lowest BCUT2D eigenvalue weighted by molar-refractivity contribution is -0.117. The maximum atomic E-state index is 12.2. The zero-order chi connectivity index (χ0) is 19.4. The molecule has 0 aliphatic carbocycles. The molecule has 0 saturated carbocycles. The molecule has 0 saturated heterocycles. The van der Waals surface area contributed by atoms with E-state index in [1.165, 1.54) is 11.3 Å². The first kappa shape index (κ1) is 19.3. The summed E-state index contributed by atoms with van der Waals surface area (Å²) in [5, 5.41) is 0. The quantitative estimate of drug-likeness (QED) is 0.633. The minimum Gasteiger partial charge on any atom is -0.495 e. The van der Waals surface area contributed by atoms with Crippen molar-refractivity contribution in [2.45, 2.75) is 12.2 Å². The summed E-state index contributed by atoms with van der Waals surface area (Å²) in [4.78, 5) is 16.8. The van der Waals surface area contributed by atoms with Crippen molar-refractivity contribution in [3.05, 3.63) is 58.9 Å². The van der Waals surface area contributed by atoms with Crippen LogP contribution in [-0.2, 0) is 27.4 Å². The molecule has 3 rings (SSSR count). The summed E-state index contributed by atoms with van der Waals surface area (Å²) in [7, 11) is 0.0228. The summed E-state index contributed by atoms with van der Waals surface area (Å²) in [6, 6.07) is 14.6. The van der Waals surface area contributed by atoms with Gasteiger partial charge in [0.15, 0.2) is 14.6 Å². The van der Waals surface area contributed by atoms with E-state index in [9.17, 15) is 13.2 Å². The molecule has 1 amide bonds. The number of carbonyl (C=O) groups excluding carboxylic acids is 1. The van der Waals surface area contributed by atoms with Crippen molar-refractivity contribution in [1.29, 1.82) is 0 Å². The molecule has 0 radical (unpaired) electrons. The molecule has 6 nitrogen and oxygen atoms in total. The van der Waals surface area contributed by atoms with Crippen LogP contribution in [0.3, 0.4) is 0 Å². The first-order chi connectivity index (χ1) is 12.9. The van der Waals surface area contributed by atoms with E-state index in [4.69, 9.17) is 4.74 Å². The first-order valence-corrected chi connectivity index (χ1v) is 11.0. The van der Waals surface area contributed by atoms with Crippen molar-refractivity contribution in [2.75, 3.05) is 12.9 Å². The van der Waals surface area contributed by atoms with Gasteiger partial charge in [0.25, 0.3) is 0 Å². The lowest BCUT2D eigenvalue weighted by atomic mass is 10.2. The van der Waals surface area contributed by atoms with Crippen molar-refractivity contribution in [2.24, 2.45) is 12.0 Å². The van der Waals surface area contributed by atoms with E-state index in [1.54, 1.807) is 43.0 Å². The highest BCUT2D eigenvalue weighted by Crippen LogP contribution is 2.26. The molecule has 0 bridgehead atoms. The summed E-state index contributed by atoms with van der Waals surface area (Å²) < 4.78 is 32.6. The molecule has 0 N–H and O–H groups in total. The highest BCUT2D eigenvalue weighted by Gasteiger charge is 2.15. The number of para-hydroxylation sites is 1. The van der Waals surface area contributed by atoms with Crippen LogP contribution < -0.4 is 9.54 Å². The Morgan fingerprint density at radius 1 is 1.15 bits per heavy atom. The summed E-state index contributed by atoms with van der Waals surface area (Å²) in [5.41, 5.74) is 1.57. The number of hydrogen-bond donors (Lipinski definition) is 0. The number of rotatable bonds is 6. The number of ether oxygens (including phenoxy) is 1. The smallest absolute Gasteiger partial charge is 0.249 e. The second-order valence-corrected chi connectivity index (χ2v) is 9.28. The first-order valence-electron chi connectivity index (χ1n) is 8.34. The number of fused-ring (bicyclic) bond motifs is 1. The van der Waals surface area contributed by atoms with E-state index in [2.05, 4.69) is 4.99 Å². The third kappa shape index (κ3) is 4.64. The molecule has 0 aliphatic rings. The Bertz CT molecular complexity index is 1130. The Morgan fingerprint density at radius 3 is 2.59 bits per heavy atom. The fraction of sp³-hybridized carbons (Fsp3) is 0.263. The second kappa shape index (κ2) is 8.06. The lowest BCUT2D eigenvalue weighted by Gasteiger charge is -2.03. The molecule has 142 valence electrons. The monoisotopic (exact) mass is 404 g/mol. The Morgan fingerprint density at radius 2 is 1.89 bits per heavy atom. The van der Waals surface area contributed by atoms with Gasteiger partial charge in [0.2, 0.25) is 5.91 Å². The number of aromatic nitrogens is 1. The molecule has 0 unspecified atom stereocenters. The third-order valence-electron chi connectivity index (χ3n) is 4.08. The summed E-state index contributed by atoms with van der Waals surface area (Å²) in [6.45, 7) is 0. The number of methoxy groups -OCH3 is 1. The SMILES string of the molecule is COc1cccc2sc(=NC(=O)CCS(=O)(=O)Cc3ccccc3)n(C)c12. The molecule has 0 fully saturated rings. The zero-order valence-corrected chi connectivity index (χ0v) is 16.7. The van der Waals surface area contributed by atoms with Crippen LogP contribution >= 0.6 is 11.3 Å². The molecule has 8 heteroatoms. The predicted molar refractivity (Wildman–Crippen MR) is 106 cm³/mol. The third-order valence-corrected chi connectivity index (χ3v) is 6.78. The highest BCUT2D eigenvalue weighted by molar-refractivity contribution is 7.90. The van der Waals surface area contributed by atoms with E-state index < -0.39 is 15.7 Å². The lowest BCUT2D eigenvalue weighted by Crippen LogP contribution is -2.16. The number of sulfone groups is 1. The fourth-order valence-electron chi connectivity index (χ4n) is 2.75. The predicted octanol–water partition coefficient (Wildman–Crippen LogP) is 2.68. The van der Waals surface area contributed by atoms with Gasteiger partial charge in [-0.15, -0.1) is 0 Å². The Balaban J connectivity index is 1.75. The van der Waals surface area contributed by atoms with Gasteiger partial charge in [0.1, 0.15) is 11.3 Å². The number of benzene rings is 2. The van der Waals surface area contributed by atoms with Gasteiger partial charge >= 0.3 is 0 Å². The highest BCUT2D eigenvalue weighted by atomic mass is 32.2. The van der Waals surface area contributed by atoms with Crippen LogP contribution in [0, 0.1) is 0 Å². The van der Waals surface area contributed by atoms with Crippen LogP contribution in [0.5, 0.6) is 5.75 Å². The van der Waals surface area contributed by atoms with E-state index >= 15 is 0 Å². The van der Waals surface area contributed by atoms with Crippen molar-refractivity contribution in [1.82, 2.24) is 4.57 Å². The largest absolute Gasteiger partial charge is 0.495 e. The summed E-state index contributed by atoms with van der Waals surface area (Å²) in [6.07, 6.45) is -0.138. The average molecular weight is 405 g/mol. The van der Waals surface area contributed by atoms with Crippen molar-refractivity contribution in [3.8, 4) is 5.75 Å². The van der Waals surface area contributed by atoms with Gasteiger partial charge in [-0.05, 0) is 17.7 Å². The van der Waals surface area contributed by atoms with E-state index in [-0.39, 0.29) is 17.9 Å². The molecule has 2 aromatic carbocycles. The van der Waals surface area contributed by atoms with Crippen LogP contribution in [0.1, 0.15) is 12.0 Å². The van der Waals surface area contributed by atoms with Gasteiger partial charge in [-0.2, -0.15) is 4.99 Å². The van der Waals surface area contributed by atoms with Crippen LogP contribution in [0.15, 0.2) is 53.5 Å². The number of aryl methyl sites for hydroxylation is 1. The fourth-order valence-corrected chi connectivity index (χ4v) is 5.13. The Hall–Kier alpha value is -2.45. The van der Waals surface area contributed by atoms with Crippen LogP contribution in [-0.4, -0.2) is 31.8 Å². The summed E-state index contributed by atoms with van der Waals surface area (Å²) in [5.74, 6) is -0.0460. The molecule has 27 heavy (non-hydrogen) atoms. The van der Waals surface area contributed by atoms with Gasteiger partial charge < -0.3 is 9.30 Å². The molecular formula is C19H20N2O4S2. The van der Waals surface area contributed by atoms with Crippen molar-refractivity contribution >= 4 is 37.3 Å². The topological polar surface area (TPSA) is 77.7 Å². The molecule has 1 heterocycles. The van der Waals surface area contributed by atoms with Gasteiger partial charge in [-0.1, -0.05) is 47.7 Å². The van der Waals surface area contributed by atoms with Gasteiger partial charge in [0, 0.05) is 13.5 Å². The summed E-state index contributed by atoms with van der Waals surface area (Å²) >= 11 is 1.36. The number of carbonyl (C=O) groups is 1. The Kier molecular flexibility index (Phi) is 5.76. The second-order valence-electron chi connectivity index (χ2n) is 6.08. The van der Waals surface area contributed by atoms with Crippen LogP contribution in [0.25, 0.3) is 10.2 Å². The van der Waals surface area contributed by atoms with E-state index in [1.807, 2.05) is 24.3 Å². The molecule has 1 aromatic heterocycles. The molecule has 0 aliphatic heterocycles. The molecule has 0 atom stereocenters. The normalized spacial score (nSPS) is 12.4. The Labute approximate surface area is 161 Å². The maximum absolute atomic E-state index is 12.2. The zero-order valence-electron chi connectivity index (χ0n) is 15.1. The van der Waals surface area contributed by atoms with Crippen molar-refractivity contribution < 1.29 is 17.9 Å². The molecule has 0 spiro atoms. The molecular weight excluding hydrogens is 384 g/mol. The maximum Gasteiger partial charge on any atom is 0.249 e. The average Bonchev–Trinajstić information content (AvgIpc) is 2.96. The number of hydrogen-bond acceptors (Lipinski definition) is 5. The number of thiazole rings is 1.